The van der Waals surface area contributed by atoms with E-state index in [2.05, 4.69) is 12.2 Å². The molecule has 1 aromatic heterocycles. The van der Waals surface area contributed by atoms with Crippen LogP contribution in [0.15, 0.2) is 12.1 Å². The van der Waals surface area contributed by atoms with E-state index in [1.807, 2.05) is 0 Å². The van der Waals surface area contributed by atoms with E-state index in [0.717, 1.165) is 29.7 Å². The number of thiophene rings is 1. The number of rotatable bonds is 6. The fraction of sp³-hybridized carbons (Fsp3) is 0.400. The third kappa shape index (κ3) is 3.64. The number of hydrogen-bond acceptors (Lipinski definition) is 6. The molecule has 0 aliphatic heterocycles. The fourth-order valence-corrected chi connectivity index (χ4v) is 4.89. The van der Waals surface area contributed by atoms with Gasteiger partial charge in [-0.15, -0.1) is 11.3 Å². The van der Waals surface area contributed by atoms with E-state index in [0.29, 0.717) is 33.7 Å². The number of hydrogen-bond donors (Lipinski definition) is 2. The number of nitrogens with one attached hydrogen (secondary N) is 1. The van der Waals surface area contributed by atoms with Gasteiger partial charge in [0.1, 0.15) is 10.8 Å². The Morgan fingerprint density at radius 2 is 1.75 bits per heavy atom. The summed E-state index contributed by atoms with van der Waals surface area (Å²) in [6.07, 6.45) is 2.68. The average Bonchev–Trinajstić information content (AvgIpc) is 3.03. The van der Waals surface area contributed by atoms with Gasteiger partial charge >= 0.3 is 0 Å². The summed E-state index contributed by atoms with van der Waals surface area (Å²) in [7, 11) is 4.47. The molecular weight excluding hydrogens is 380 g/mol. The molecule has 0 saturated carbocycles. The van der Waals surface area contributed by atoms with Crippen molar-refractivity contribution in [2.75, 3.05) is 26.6 Å². The lowest BCUT2D eigenvalue weighted by Crippen LogP contribution is -2.19. The van der Waals surface area contributed by atoms with Gasteiger partial charge in [-0.05, 0) is 30.7 Å². The van der Waals surface area contributed by atoms with Crippen LogP contribution in [0.4, 0.5) is 5.00 Å². The topological polar surface area (TPSA) is 99.9 Å². The number of nitrogens with two attached hydrogens (primary N) is 1. The van der Waals surface area contributed by atoms with Gasteiger partial charge in [-0.2, -0.15) is 0 Å². The summed E-state index contributed by atoms with van der Waals surface area (Å²) in [6, 6.07) is 3.14. The largest absolute Gasteiger partial charge is 0.496 e. The summed E-state index contributed by atoms with van der Waals surface area (Å²) < 4.78 is 15.9. The van der Waals surface area contributed by atoms with Crippen LogP contribution in [0.2, 0.25) is 0 Å². The minimum atomic E-state index is -0.526. The van der Waals surface area contributed by atoms with Crippen LogP contribution in [0, 0.1) is 5.92 Å². The van der Waals surface area contributed by atoms with Gasteiger partial charge in [0.2, 0.25) is 0 Å². The average molecular weight is 404 g/mol. The highest BCUT2D eigenvalue weighted by molar-refractivity contribution is 7.17. The first kappa shape index (κ1) is 20.0. The Hall–Kier alpha value is -2.74. The molecule has 0 fully saturated rings. The van der Waals surface area contributed by atoms with Crippen LogP contribution in [0.3, 0.4) is 0 Å². The maximum Gasteiger partial charge on any atom is 0.260 e. The van der Waals surface area contributed by atoms with Gasteiger partial charge in [0, 0.05) is 17.0 Å². The normalized spacial score (nSPS) is 15.5. The summed E-state index contributed by atoms with van der Waals surface area (Å²) in [6.45, 7) is 2.18. The quantitative estimate of drug-likeness (QED) is 0.770. The summed E-state index contributed by atoms with van der Waals surface area (Å²) in [5, 5.41) is 3.33. The number of methoxy groups -OCH3 is 3. The van der Waals surface area contributed by atoms with Crippen molar-refractivity contribution in [1.82, 2.24) is 0 Å². The maximum atomic E-state index is 13.0. The van der Waals surface area contributed by atoms with Gasteiger partial charge in [0.05, 0.1) is 32.5 Å². The van der Waals surface area contributed by atoms with E-state index >= 15 is 0 Å². The number of anilines is 1. The molecule has 1 heterocycles. The zero-order chi connectivity index (χ0) is 20.4. The van der Waals surface area contributed by atoms with Crippen LogP contribution in [0.25, 0.3) is 0 Å². The predicted octanol–water partition coefficient (Wildman–Crippen LogP) is 3.25. The number of benzene rings is 1. The van der Waals surface area contributed by atoms with Crippen LogP contribution in [0.1, 0.15) is 44.5 Å². The minimum Gasteiger partial charge on any atom is -0.496 e. The van der Waals surface area contributed by atoms with Crippen LogP contribution >= 0.6 is 11.3 Å². The van der Waals surface area contributed by atoms with Crippen molar-refractivity contribution < 1.29 is 23.8 Å². The molecule has 0 spiro atoms. The van der Waals surface area contributed by atoms with Gasteiger partial charge in [-0.25, -0.2) is 0 Å². The third-order valence-electron chi connectivity index (χ3n) is 4.94. The first-order chi connectivity index (χ1) is 13.4. The Labute approximate surface area is 167 Å². The predicted molar refractivity (Wildman–Crippen MR) is 108 cm³/mol. The smallest absolute Gasteiger partial charge is 0.260 e. The lowest BCUT2D eigenvalue weighted by Gasteiger charge is -2.18. The zero-order valence-electron chi connectivity index (χ0n) is 16.4. The number of carbonyl (C=O) groups excluding carboxylic acids is 2. The summed E-state index contributed by atoms with van der Waals surface area (Å²) >= 11 is 1.42. The second-order valence-corrected chi connectivity index (χ2v) is 7.89. The standard InChI is InChI=1S/C20H24N2O5S/c1-10-5-6-11-16(7-10)28-20(17(11)18(21)23)22-19(24)12-8-14(26-3)15(27-4)9-13(12)25-2/h8-10H,5-7H2,1-4H3,(H2,21,23)(H,22,24). The zero-order valence-corrected chi connectivity index (χ0v) is 17.2. The molecule has 150 valence electrons. The molecule has 28 heavy (non-hydrogen) atoms. The highest BCUT2D eigenvalue weighted by Crippen LogP contribution is 2.40. The van der Waals surface area contributed by atoms with E-state index in [4.69, 9.17) is 19.9 Å². The minimum absolute atomic E-state index is 0.273. The molecule has 1 aliphatic rings. The molecular formula is C20H24N2O5S. The van der Waals surface area contributed by atoms with Crippen molar-refractivity contribution in [2.45, 2.75) is 26.2 Å². The second kappa shape index (κ2) is 8.10. The van der Waals surface area contributed by atoms with Crippen molar-refractivity contribution in [1.29, 1.82) is 0 Å². The molecule has 7 nitrogen and oxygen atoms in total. The van der Waals surface area contributed by atoms with E-state index in [1.165, 1.54) is 32.7 Å². The van der Waals surface area contributed by atoms with Gasteiger partial charge in [0.25, 0.3) is 11.8 Å². The molecule has 1 unspecified atom stereocenters. The number of fused-ring (bicyclic) bond motifs is 1. The molecule has 1 atom stereocenters. The van der Waals surface area contributed by atoms with E-state index in [-0.39, 0.29) is 5.56 Å². The molecule has 0 radical (unpaired) electrons. The SMILES string of the molecule is COc1cc(OC)c(C(=O)Nc2sc3c(c2C(N)=O)CCC(C)C3)cc1OC. The maximum absolute atomic E-state index is 13.0. The highest BCUT2D eigenvalue weighted by Gasteiger charge is 2.28. The number of primary amides is 1. The van der Waals surface area contributed by atoms with Gasteiger partial charge in [0.15, 0.2) is 11.5 Å². The van der Waals surface area contributed by atoms with E-state index in [1.54, 1.807) is 12.1 Å². The van der Waals surface area contributed by atoms with Crippen LogP contribution in [-0.4, -0.2) is 33.1 Å². The Morgan fingerprint density at radius 1 is 1.11 bits per heavy atom. The Morgan fingerprint density at radius 3 is 2.36 bits per heavy atom. The van der Waals surface area contributed by atoms with Crippen molar-refractivity contribution in [3.05, 3.63) is 33.7 Å². The molecule has 8 heteroatoms. The van der Waals surface area contributed by atoms with E-state index in [9.17, 15) is 9.59 Å². The fourth-order valence-electron chi connectivity index (χ4n) is 3.48. The molecule has 2 aromatic rings. The number of ether oxygens (including phenoxy) is 3. The lowest BCUT2D eigenvalue weighted by molar-refractivity contribution is 0.1000. The molecule has 3 rings (SSSR count). The molecule has 2 amide bonds. The molecule has 0 bridgehead atoms. The van der Waals surface area contributed by atoms with E-state index < -0.39 is 11.8 Å². The van der Waals surface area contributed by atoms with Gasteiger partial charge in [-0.3, -0.25) is 9.59 Å². The number of amides is 2. The van der Waals surface area contributed by atoms with Crippen molar-refractivity contribution in [3.63, 3.8) is 0 Å². The first-order valence-electron chi connectivity index (χ1n) is 8.95. The summed E-state index contributed by atoms with van der Waals surface area (Å²) in [4.78, 5) is 26.2. The third-order valence-corrected chi connectivity index (χ3v) is 6.11. The first-order valence-corrected chi connectivity index (χ1v) is 9.76. The summed E-state index contributed by atoms with van der Waals surface area (Å²) in [5.74, 6) is 0.804. The molecule has 3 N–H and O–H groups in total. The van der Waals surface area contributed by atoms with Gasteiger partial charge in [-0.1, -0.05) is 6.92 Å². The Bertz CT molecular complexity index is 922. The lowest BCUT2D eigenvalue weighted by atomic mass is 9.88. The molecule has 0 saturated heterocycles. The number of carbonyl (C=O) groups is 2. The monoisotopic (exact) mass is 404 g/mol. The highest BCUT2D eigenvalue weighted by atomic mass is 32.1. The molecule has 1 aromatic carbocycles. The Kier molecular flexibility index (Phi) is 5.79. The summed E-state index contributed by atoms with van der Waals surface area (Å²) in [5.41, 5.74) is 7.28. The van der Waals surface area contributed by atoms with Gasteiger partial charge < -0.3 is 25.3 Å². The van der Waals surface area contributed by atoms with Crippen LogP contribution in [0.5, 0.6) is 17.2 Å². The van der Waals surface area contributed by atoms with Crippen molar-refractivity contribution in [3.8, 4) is 17.2 Å². The van der Waals surface area contributed by atoms with Crippen LogP contribution < -0.4 is 25.3 Å². The van der Waals surface area contributed by atoms with Crippen molar-refractivity contribution >= 4 is 28.2 Å². The van der Waals surface area contributed by atoms with Crippen molar-refractivity contribution in [2.24, 2.45) is 11.7 Å². The Balaban J connectivity index is 1.99. The molecule has 1 aliphatic carbocycles. The second-order valence-electron chi connectivity index (χ2n) is 6.78. The van der Waals surface area contributed by atoms with Crippen LogP contribution in [-0.2, 0) is 12.8 Å².